The standard InChI is InChI=1S/C10H9F3N2O5.ClH/c11-10(12,13)9(16)8(14)4-1-6-7(20-3-19-6)2-5(4)15(17)18;/h1-2,8-9,16H,3,14H2;1H/t8-,9-;/m0./s1. The fourth-order valence-electron chi connectivity index (χ4n) is 1.75. The molecule has 1 aliphatic rings. The number of alkyl halides is 3. The van der Waals surface area contributed by atoms with E-state index in [1.807, 2.05) is 0 Å². The van der Waals surface area contributed by atoms with Crippen LogP contribution >= 0.6 is 12.4 Å². The van der Waals surface area contributed by atoms with Gasteiger partial charge in [-0.3, -0.25) is 10.1 Å². The first-order chi connectivity index (χ1) is 9.21. The zero-order chi connectivity index (χ0) is 15.1. The lowest BCUT2D eigenvalue weighted by molar-refractivity contribution is -0.386. The summed E-state index contributed by atoms with van der Waals surface area (Å²) in [5.41, 5.74) is 4.13. The van der Waals surface area contributed by atoms with Gasteiger partial charge in [0.2, 0.25) is 6.79 Å². The summed E-state index contributed by atoms with van der Waals surface area (Å²) in [6.07, 6.45) is -7.93. The third kappa shape index (κ3) is 3.28. The van der Waals surface area contributed by atoms with Crippen molar-refractivity contribution in [3.8, 4) is 11.5 Å². The number of halogens is 4. The Morgan fingerprint density at radius 3 is 2.33 bits per heavy atom. The van der Waals surface area contributed by atoms with E-state index < -0.39 is 34.5 Å². The molecule has 0 bridgehead atoms. The number of nitro benzene ring substituents is 1. The SMILES string of the molecule is Cl.N[C@@H](c1cc2c(cc1[N+](=O)[O-])OCO2)[C@H](O)C(F)(F)F. The number of nitro groups is 1. The maximum atomic E-state index is 12.4. The highest BCUT2D eigenvalue weighted by Crippen LogP contribution is 2.41. The summed E-state index contributed by atoms with van der Waals surface area (Å²) in [5.74, 6) is 0.0737. The topological polar surface area (TPSA) is 108 Å². The highest BCUT2D eigenvalue weighted by Gasteiger charge is 2.45. The first-order valence-electron chi connectivity index (χ1n) is 5.30. The zero-order valence-electron chi connectivity index (χ0n) is 10.2. The van der Waals surface area contributed by atoms with Crippen molar-refractivity contribution in [2.75, 3.05) is 6.79 Å². The summed E-state index contributed by atoms with van der Waals surface area (Å²) in [6, 6.07) is -0.120. The molecule has 7 nitrogen and oxygen atoms in total. The van der Waals surface area contributed by atoms with Crippen LogP contribution in [0, 0.1) is 10.1 Å². The van der Waals surface area contributed by atoms with Crippen molar-refractivity contribution >= 4 is 18.1 Å². The van der Waals surface area contributed by atoms with Gasteiger partial charge in [0.15, 0.2) is 17.6 Å². The highest BCUT2D eigenvalue weighted by atomic mass is 35.5. The van der Waals surface area contributed by atoms with E-state index in [4.69, 9.17) is 20.3 Å². The van der Waals surface area contributed by atoms with Crippen molar-refractivity contribution in [3.63, 3.8) is 0 Å². The summed E-state index contributed by atoms with van der Waals surface area (Å²) in [6.45, 7) is -0.201. The minimum absolute atomic E-state index is 0. The lowest BCUT2D eigenvalue weighted by Crippen LogP contribution is -2.39. The number of hydrogen-bond donors (Lipinski definition) is 2. The van der Waals surface area contributed by atoms with E-state index in [9.17, 15) is 23.3 Å². The van der Waals surface area contributed by atoms with Crippen LogP contribution in [0.5, 0.6) is 11.5 Å². The van der Waals surface area contributed by atoms with Gasteiger partial charge in [0.05, 0.1) is 22.6 Å². The molecule has 0 spiro atoms. The predicted molar refractivity (Wildman–Crippen MR) is 65.5 cm³/mol. The Morgan fingerprint density at radius 2 is 1.86 bits per heavy atom. The van der Waals surface area contributed by atoms with Crippen molar-refractivity contribution in [2.24, 2.45) is 5.73 Å². The van der Waals surface area contributed by atoms with Gasteiger partial charge >= 0.3 is 6.18 Å². The van der Waals surface area contributed by atoms with E-state index >= 15 is 0 Å². The van der Waals surface area contributed by atoms with Gasteiger partial charge in [-0.15, -0.1) is 12.4 Å². The number of ether oxygens (including phenoxy) is 2. The number of hydrogen-bond acceptors (Lipinski definition) is 6. The molecule has 0 radical (unpaired) electrons. The van der Waals surface area contributed by atoms with Crippen molar-refractivity contribution in [2.45, 2.75) is 18.3 Å². The van der Waals surface area contributed by atoms with Gasteiger partial charge in [-0.1, -0.05) is 0 Å². The van der Waals surface area contributed by atoms with Gasteiger partial charge < -0.3 is 20.3 Å². The Kier molecular flexibility index (Phi) is 4.87. The molecule has 1 aliphatic heterocycles. The third-order valence-electron chi connectivity index (χ3n) is 2.75. The van der Waals surface area contributed by atoms with Gasteiger partial charge in [-0.2, -0.15) is 13.2 Å². The molecular formula is C10H10ClF3N2O5. The third-order valence-corrected chi connectivity index (χ3v) is 2.75. The second kappa shape index (κ2) is 5.92. The van der Waals surface area contributed by atoms with Crippen LogP contribution in [-0.2, 0) is 0 Å². The number of fused-ring (bicyclic) bond motifs is 1. The molecule has 0 saturated heterocycles. The fraction of sp³-hybridized carbons (Fsp3) is 0.400. The number of benzene rings is 1. The molecule has 0 saturated carbocycles. The Hall–Kier alpha value is -1.78. The fourth-order valence-corrected chi connectivity index (χ4v) is 1.75. The van der Waals surface area contributed by atoms with Crippen LogP contribution in [0.25, 0.3) is 0 Å². The van der Waals surface area contributed by atoms with Crippen LogP contribution in [0.2, 0.25) is 0 Å². The van der Waals surface area contributed by atoms with Crippen LogP contribution < -0.4 is 15.2 Å². The molecule has 1 aromatic carbocycles. The second-order valence-electron chi connectivity index (χ2n) is 4.03. The molecule has 1 heterocycles. The molecule has 1 aromatic rings. The van der Waals surface area contributed by atoms with E-state index in [0.29, 0.717) is 0 Å². The summed E-state index contributed by atoms with van der Waals surface area (Å²) >= 11 is 0. The molecule has 0 unspecified atom stereocenters. The number of nitrogens with two attached hydrogens (primary N) is 1. The molecule has 2 rings (SSSR count). The Morgan fingerprint density at radius 1 is 1.33 bits per heavy atom. The molecule has 2 atom stereocenters. The molecule has 0 fully saturated rings. The maximum Gasteiger partial charge on any atom is 0.416 e. The lowest BCUT2D eigenvalue weighted by atomic mass is 9.99. The van der Waals surface area contributed by atoms with Crippen molar-refractivity contribution < 1.29 is 32.7 Å². The average molecular weight is 331 g/mol. The highest BCUT2D eigenvalue weighted by molar-refractivity contribution is 5.85. The van der Waals surface area contributed by atoms with Crippen LogP contribution in [0.3, 0.4) is 0 Å². The first kappa shape index (κ1) is 17.3. The molecular weight excluding hydrogens is 321 g/mol. The monoisotopic (exact) mass is 330 g/mol. The van der Waals surface area contributed by atoms with Crippen molar-refractivity contribution in [1.82, 2.24) is 0 Å². The molecule has 118 valence electrons. The lowest BCUT2D eigenvalue weighted by Gasteiger charge is -2.21. The molecule has 11 heteroatoms. The van der Waals surface area contributed by atoms with E-state index in [2.05, 4.69) is 0 Å². The minimum atomic E-state index is -5.00. The number of aliphatic hydroxyl groups is 1. The molecule has 0 aliphatic carbocycles. The normalized spacial score (nSPS) is 16.0. The van der Waals surface area contributed by atoms with Crippen LogP contribution in [0.1, 0.15) is 11.6 Å². The van der Waals surface area contributed by atoms with E-state index in [1.54, 1.807) is 0 Å². The van der Waals surface area contributed by atoms with Crippen LogP contribution in [0.15, 0.2) is 12.1 Å². The molecule has 21 heavy (non-hydrogen) atoms. The molecule has 3 N–H and O–H groups in total. The summed E-state index contributed by atoms with van der Waals surface area (Å²) in [4.78, 5) is 9.99. The largest absolute Gasteiger partial charge is 0.454 e. The molecule has 0 amide bonds. The van der Waals surface area contributed by atoms with Gasteiger partial charge in [0.25, 0.3) is 5.69 Å². The van der Waals surface area contributed by atoms with Crippen LogP contribution in [0.4, 0.5) is 18.9 Å². The first-order valence-corrected chi connectivity index (χ1v) is 5.30. The predicted octanol–water partition coefficient (Wildman–Crippen LogP) is 1.67. The number of nitrogens with zero attached hydrogens (tertiary/aromatic N) is 1. The van der Waals surface area contributed by atoms with E-state index in [-0.39, 0.29) is 30.7 Å². The van der Waals surface area contributed by atoms with Gasteiger partial charge in [-0.05, 0) is 6.07 Å². The second-order valence-corrected chi connectivity index (χ2v) is 4.03. The summed E-state index contributed by atoms with van der Waals surface area (Å²) in [5, 5.41) is 20.0. The maximum absolute atomic E-state index is 12.4. The smallest absolute Gasteiger partial charge is 0.416 e. The Labute approximate surface area is 122 Å². The summed E-state index contributed by atoms with van der Waals surface area (Å²) < 4.78 is 47.1. The molecule has 0 aromatic heterocycles. The van der Waals surface area contributed by atoms with Gasteiger partial charge in [0.1, 0.15) is 0 Å². The Balaban J connectivity index is 0.00000220. The average Bonchev–Trinajstić information content (AvgIpc) is 2.81. The summed E-state index contributed by atoms with van der Waals surface area (Å²) in [7, 11) is 0. The van der Waals surface area contributed by atoms with Gasteiger partial charge in [-0.25, -0.2) is 0 Å². The number of rotatable bonds is 3. The van der Waals surface area contributed by atoms with E-state index in [0.717, 1.165) is 12.1 Å². The van der Waals surface area contributed by atoms with Crippen molar-refractivity contribution in [1.29, 1.82) is 0 Å². The van der Waals surface area contributed by atoms with Crippen LogP contribution in [-0.4, -0.2) is 29.1 Å². The van der Waals surface area contributed by atoms with Crippen molar-refractivity contribution in [3.05, 3.63) is 27.8 Å². The zero-order valence-corrected chi connectivity index (χ0v) is 11.0. The Bertz CT molecular complexity index is 554. The van der Waals surface area contributed by atoms with E-state index in [1.165, 1.54) is 0 Å². The van der Waals surface area contributed by atoms with Gasteiger partial charge in [0, 0.05) is 0 Å². The quantitative estimate of drug-likeness (QED) is 0.644. The minimum Gasteiger partial charge on any atom is -0.454 e. The number of aliphatic hydroxyl groups excluding tert-OH is 1.